The highest BCUT2D eigenvalue weighted by molar-refractivity contribution is 6.33. The van der Waals surface area contributed by atoms with E-state index in [4.69, 9.17) is 16.3 Å². The first-order valence-corrected chi connectivity index (χ1v) is 9.58. The van der Waals surface area contributed by atoms with Gasteiger partial charge in [0, 0.05) is 6.42 Å². The van der Waals surface area contributed by atoms with Crippen molar-refractivity contribution in [3.05, 3.63) is 70.7 Å². The predicted octanol–water partition coefficient (Wildman–Crippen LogP) is 2.30. The van der Waals surface area contributed by atoms with Gasteiger partial charge in [-0.15, -0.1) is 0 Å². The van der Waals surface area contributed by atoms with E-state index < -0.39 is 30.3 Å². The van der Waals surface area contributed by atoms with Crippen LogP contribution in [-0.2, 0) is 19.1 Å². The van der Waals surface area contributed by atoms with Gasteiger partial charge in [-0.25, -0.2) is 0 Å². The van der Waals surface area contributed by atoms with Crippen molar-refractivity contribution >= 4 is 35.3 Å². The van der Waals surface area contributed by atoms with Crippen LogP contribution in [0.25, 0.3) is 0 Å². The van der Waals surface area contributed by atoms with E-state index in [0.29, 0.717) is 0 Å². The average Bonchev–Trinajstić information content (AvgIpc) is 2.75. The summed E-state index contributed by atoms with van der Waals surface area (Å²) in [4.78, 5) is 47.3. The smallest absolute Gasteiger partial charge is 0.306 e. The summed E-state index contributed by atoms with van der Waals surface area (Å²) in [6.45, 7) is 1.37. The minimum atomic E-state index is -0.704. The van der Waals surface area contributed by atoms with Gasteiger partial charge in [0.05, 0.1) is 23.0 Å². The normalized spacial score (nSPS) is 11.1. The van der Waals surface area contributed by atoms with Gasteiger partial charge in [0.1, 0.15) is 0 Å². The van der Waals surface area contributed by atoms with E-state index in [1.54, 1.807) is 18.2 Å². The summed E-state index contributed by atoms with van der Waals surface area (Å²) in [6, 6.07) is 15.5. The van der Waals surface area contributed by atoms with E-state index in [1.165, 1.54) is 6.07 Å². The Hall–Kier alpha value is -3.39. The molecule has 30 heavy (non-hydrogen) atoms. The SMILES string of the molecule is C[C@H](NC(=O)COC(=O)CCC(=O)NNC(=O)c1ccccc1Cl)c1ccccc1. The van der Waals surface area contributed by atoms with Crippen molar-refractivity contribution in [3.63, 3.8) is 0 Å². The fourth-order valence-electron chi connectivity index (χ4n) is 2.44. The molecule has 158 valence electrons. The maximum atomic E-state index is 11.9. The second-order valence-electron chi connectivity index (χ2n) is 6.34. The molecule has 0 saturated carbocycles. The van der Waals surface area contributed by atoms with Gasteiger partial charge in [-0.2, -0.15) is 0 Å². The lowest BCUT2D eigenvalue weighted by atomic mass is 10.1. The summed E-state index contributed by atoms with van der Waals surface area (Å²) in [6.07, 6.45) is -0.459. The first kappa shape index (κ1) is 22.9. The maximum absolute atomic E-state index is 11.9. The van der Waals surface area contributed by atoms with Crippen molar-refractivity contribution in [1.29, 1.82) is 0 Å². The number of esters is 1. The Kier molecular flexibility index (Phi) is 8.83. The van der Waals surface area contributed by atoms with Crippen molar-refractivity contribution < 1.29 is 23.9 Å². The quantitative estimate of drug-likeness (QED) is 0.438. The largest absolute Gasteiger partial charge is 0.456 e. The molecular weight excluding hydrogens is 410 g/mol. The number of carbonyl (C=O) groups excluding carboxylic acids is 4. The standard InChI is InChI=1S/C21H22ClN3O5/c1-14(15-7-3-2-4-8-15)23-19(27)13-30-20(28)12-11-18(26)24-25-21(29)16-9-5-6-10-17(16)22/h2-10,14H,11-13H2,1H3,(H,23,27)(H,24,26)(H,25,29)/t14-/m0/s1. The van der Waals surface area contributed by atoms with Crippen LogP contribution < -0.4 is 16.2 Å². The van der Waals surface area contributed by atoms with Crippen LogP contribution in [0.4, 0.5) is 0 Å². The van der Waals surface area contributed by atoms with Crippen LogP contribution in [0.2, 0.25) is 5.02 Å². The highest BCUT2D eigenvalue weighted by atomic mass is 35.5. The lowest BCUT2D eigenvalue weighted by Gasteiger charge is -2.14. The number of rotatable bonds is 8. The lowest BCUT2D eigenvalue weighted by molar-refractivity contribution is -0.149. The molecule has 0 aromatic heterocycles. The average molecular weight is 432 g/mol. The summed E-state index contributed by atoms with van der Waals surface area (Å²) >= 11 is 5.90. The number of benzene rings is 2. The molecule has 0 bridgehead atoms. The lowest BCUT2D eigenvalue weighted by Crippen LogP contribution is -2.41. The van der Waals surface area contributed by atoms with Gasteiger partial charge in [0.25, 0.3) is 11.8 Å². The van der Waals surface area contributed by atoms with Crippen molar-refractivity contribution in [2.45, 2.75) is 25.8 Å². The van der Waals surface area contributed by atoms with Crippen LogP contribution in [0.5, 0.6) is 0 Å². The Morgan fingerprint density at radius 2 is 1.57 bits per heavy atom. The second kappa shape index (κ2) is 11.6. The molecule has 0 aliphatic carbocycles. The second-order valence-corrected chi connectivity index (χ2v) is 6.75. The van der Waals surface area contributed by atoms with Gasteiger partial charge in [0.15, 0.2) is 6.61 Å². The molecule has 3 N–H and O–H groups in total. The third-order valence-corrected chi connectivity index (χ3v) is 4.36. The Labute approximate surface area is 178 Å². The van der Waals surface area contributed by atoms with Gasteiger partial charge >= 0.3 is 5.97 Å². The van der Waals surface area contributed by atoms with E-state index in [-0.39, 0.29) is 29.5 Å². The van der Waals surface area contributed by atoms with Crippen LogP contribution >= 0.6 is 11.6 Å². The minimum absolute atomic E-state index is 0.203. The zero-order chi connectivity index (χ0) is 21.9. The van der Waals surface area contributed by atoms with Crippen LogP contribution in [-0.4, -0.2) is 30.3 Å². The van der Waals surface area contributed by atoms with E-state index in [9.17, 15) is 19.2 Å². The van der Waals surface area contributed by atoms with Crippen LogP contribution in [0.15, 0.2) is 54.6 Å². The molecule has 0 saturated heterocycles. The Morgan fingerprint density at radius 3 is 2.27 bits per heavy atom. The summed E-state index contributed by atoms with van der Waals surface area (Å²) in [5, 5.41) is 2.96. The first-order chi connectivity index (χ1) is 14.4. The molecule has 0 unspecified atom stereocenters. The molecule has 3 amide bonds. The topological polar surface area (TPSA) is 114 Å². The molecular formula is C21H22ClN3O5. The third kappa shape index (κ3) is 7.56. The predicted molar refractivity (Wildman–Crippen MR) is 110 cm³/mol. The molecule has 2 aromatic carbocycles. The Balaban J connectivity index is 1.64. The molecule has 0 heterocycles. The number of hydrogen-bond acceptors (Lipinski definition) is 5. The maximum Gasteiger partial charge on any atom is 0.306 e. The molecule has 0 radical (unpaired) electrons. The van der Waals surface area contributed by atoms with Crippen molar-refractivity contribution in [3.8, 4) is 0 Å². The van der Waals surface area contributed by atoms with E-state index in [2.05, 4.69) is 16.2 Å². The minimum Gasteiger partial charge on any atom is -0.456 e. The first-order valence-electron chi connectivity index (χ1n) is 9.20. The zero-order valence-corrected chi connectivity index (χ0v) is 17.1. The third-order valence-electron chi connectivity index (χ3n) is 4.03. The number of halogens is 1. The molecule has 2 aromatic rings. The van der Waals surface area contributed by atoms with Crippen molar-refractivity contribution in [1.82, 2.24) is 16.2 Å². The highest BCUT2D eigenvalue weighted by Crippen LogP contribution is 2.14. The fraction of sp³-hybridized carbons (Fsp3) is 0.238. The Bertz CT molecular complexity index is 905. The van der Waals surface area contributed by atoms with Crippen molar-refractivity contribution in [2.24, 2.45) is 0 Å². The van der Waals surface area contributed by atoms with Crippen LogP contribution in [0, 0.1) is 0 Å². The molecule has 0 aliphatic heterocycles. The number of carbonyl (C=O) groups is 4. The summed E-state index contributed by atoms with van der Waals surface area (Å²) < 4.78 is 4.87. The van der Waals surface area contributed by atoms with Gasteiger partial charge in [-0.05, 0) is 24.6 Å². The molecule has 0 aliphatic rings. The molecule has 0 fully saturated rings. The molecule has 8 nitrogen and oxygen atoms in total. The summed E-state index contributed by atoms with van der Waals surface area (Å²) in [7, 11) is 0. The van der Waals surface area contributed by atoms with E-state index >= 15 is 0 Å². The van der Waals surface area contributed by atoms with E-state index in [1.807, 2.05) is 37.3 Å². The number of amides is 3. The number of ether oxygens (including phenoxy) is 1. The molecule has 2 rings (SSSR count). The van der Waals surface area contributed by atoms with E-state index in [0.717, 1.165) is 5.56 Å². The van der Waals surface area contributed by atoms with Crippen LogP contribution in [0.3, 0.4) is 0 Å². The summed E-state index contributed by atoms with van der Waals surface area (Å²) in [5.74, 6) is -2.32. The molecule has 1 atom stereocenters. The van der Waals surface area contributed by atoms with Crippen molar-refractivity contribution in [2.75, 3.05) is 6.61 Å². The van der Waals surface area contributed by atoms with Gasteiger partial charge in [-0.1, -0.05) is 54.1 Å². The highest BCUT2D eigenvalue weighted by Gasteiger charge is 2.14. The number of nitrogens with one attached hydrogen (secondary N) is 3. The summed E-state index contributed by atoms with van der Waals surface area (Å²) in [5.41, 5.74) is 5.53. The Morgan fingerprint density at radius 1 is 0.900 bits per heavy atom. The van der Waals surface area contributed by atoms with Gasteiger partial charge < -0.3 is 10.1 Å². The van der Waals surface area contributed by atoms with Gasteiger partial charge in [-0.3, -0.25) is 30.0 Å². The monoisotopic (exact) mass is 431 g/mol. The van der Waals surface area contributed by atoms with Crippen LogP contribution in [0.1, 0.15) is 41.7 Å². The van der Waals surface area contributed by atoms with Gasteiger partial charge in [0.2, 0.25) is 5.91 Å². The number of hydrogen-bond donors (Lipinski definition) is 3. The zero-order valence-electron chi connectivity index (χ0n) is 16.3. The fourth-order valence-corrected chi connectivity index (χ4v) is 2.67. The molecule has 0 spiro atoms. The molecule has 9 heteroatoms. The number of hydrazine groups is 1.